The van der Waals surface area contributed by atoms with Crippen molar-refractivity contribution in [2.24, 2.45) is 5.92 Å². The zero-order valence-corrected chi connectivity index (χ0v) is 14.9. The van der Waals surface area contributed by atoms with Gasteiger partial charge >= 0.3 is 0 Å². The number of nitrogens with zero attached hydrogens (tertiary/aromatic N) is 2. The molecule has 1 fully saturated rings. The maximum absolute atomic E-state index is 12.0. The van der Waals surface area contributed by atoms with Gasteiger partial charge in [0.15, 0.2) is 0 Å². The third kappa shape index (κ3) is 4.10. The van der Waals surface area contributed by atoms with Crippen LogP contribution < -0.4 is 10.0 Å². The lowest BCUT2D eigenvalue weighted by Gasteiger charge is -2.32. The third-order valence-corrected chi connectivity index (χ3v) is 5.12. The molecule has 1 aromatic heterocycles. The van der Waals surface area contributed by atoms with Crippen LogP contribution in [0, 0.1) is 5.92 Å². The second-order valence-electron chi connectivity index (χ2n) is 6.85. The fourth-order valence-corrected chi connectivity index (χ4v) is 3.73. The molecule has 0 N–H and O–H groups in total. The van der Waals surface area contributed by atoms with E-state index in [2.05, 4.69) is 4.98 Å². The fraction of sp³-hybridized carbons (Fsp3) is 0.381. The van der Waals surface area contributed by atoms with E-state index in [4.69, 9.17) is 0 Å². The van der Waals surface area contributed by atoms with E-state index in [0.29, 0.717) is 18.8 Å². The number of aliphatic carboxylic acids is 1. The molecule has 1 heterocycles. The number of anilines is 1. The van der Waals surface area contributed by atoms with E-state index in [1.807, 2.05) is 42.5 Å². The van der Waals surface area contributed by atoms with Gasteiger partial charge in [-0.15, -0.1) is 0 Å². The van der Waals surface area contributed by atoms with Crippen molar-refractivity contribution < 1.29 is 14.7 Å². The Labute approximate surface area is 153 Å². The molecular weight excluding hydrogens is 328 g/mol. The minimum atomic E-state index is -0.948. The molecule has 0 saturated heterocycles. The van der Waals surface area contributed by atoms with Gasteiger partial charge in [-0.2, -0.15) is 0 Å². The summed E-state index contributed by atoms with van der Waals surface area (Å²) in [6.45, 7) is 1.96. The number of carboxylic acid groups (broad SMARTS) is 1. The Morgan fingerprint density at radius 1 is 1.12 bits per heavy atom. The van der Waals surface area contributed by atoms with Crippen LogP contribution in [-0.4, -0.2) is 16.9 Å². The molecule has 5 nitrogen and oxygen atoms in total. The van der Waals surface area contributed by atoms with E-state index in [9.17, 15) is 14.7 Å². The fourth-order valence-electron chi connectivity index (χ4n) is 3.73. The van der Waals surface area contributed by atoms with Crippen LogP contribution in [-0.2, 0) is 16.1 Å². The largest absolute Gasteiger partial charge is 0.550 e. The Kier molecular flexibility index (Phi) is 5.66. The second-order valence-corrected chi connectivity index (χ2v) is 6.85. The first-order valence-corrected chi connectivity index (χ1v) is 9.05. The van der Waals surface area contributed by atoms with E-state index in [1.165, 1.54) is 6.92 Å². The molecule has 1 aromatic carbocycles. The topological polar surface area (TPSA) is 73.3 Å². The number of rotatable bonds is 5. The molecule has 1 amide bonds. The van der Waals surface area contributed by atoms with Crippen LogP contribution in [0.3, 0.4) is 0 Å². The molecule has 1 saturated carbocycles. The molecule has 2 aromatic rings. The number of benzene rings is 1. The van der Waals surface area contributed by atoms with Gasteiger partial charge in [0.1, 0.15) is 5.82 Å². The average molecular weight is 351 g/mol. The number of hydrogen-bond acceptors (Lipinski definition) is 4. The van der Waals surface area contributed by atoms with Gasteiger partial charge in [-0.1, -0.05) is 43.2 Å². The molecule has 0 spiro atoms. The summed E-state index contributed by atoms with van der Waals surface area (Å²) < 4.78 is 0. The van der Waals surface area contributed by atoms with Crippen molar-refractivity contribution >= 4 is 17.7 Å². The maximum atomic E-state index is 12.0. The van der Waals surface area contributed by atoms with Crippen molar-refractivity contribution in [2.45, 2.75) is 45.1 Å². The van der Waals surface area contributed by atoms with Gasteiger partial charge in [0.25, 0.3) is 0 Å². The highest BCUT2D eigenvalue weighted by molar-refractivity contribution is 5.90. The highest BCUT2D eigenvalue weighted by Gasteiger charge is 2.27. The zero-order valence-electron chi connectivity index (χ0n) is 14.9. The van der Waals surface area contributed by atoms with Crippen molar-refractivity contribution in [1.82, 2.24) is 4.98 Å². The number of amides is 1. The Balaban J connectivity index is 1.76. The van der Waals surface area contributed by atoms with Gasteiger partial charge in [0.05, 0.1) is 6.54 Å². The summed E-state index contributed by atoms with van der Waals surface area (Å²) in [5, 5.41) is 11.4. The molecular formula is C21H23N2O3-. The highest BCUT2D eigenvalue weighted by atomic mass is 16.4. The predicted molar refractivity (Wildman–Crippen MR) is 97.2 cm³/mol. The summed E-state index contributed by atoms with van der Waals surface area (Å²) >= 11 is 0. The first-order valence-electron chi connectivity index (χ1n) is 9.05. The van der Waals surface area contributed by atoms with Gasteiger partial charge in [0.2, 0.25) is 5.91 Å². The van der Waals surface area contributed by atoms with Crippen LogP contribution >= 0.6 is 0 Å². The molecule has 1 aliphatic rings. The van der Waals surface area contributed by atoms with E-state index in [0.717, 1.165) is 30.4 Å². The van der Waals surface area contributed by atoms with Crippen LogP contribution in [0.2, 0.25) is 0 Å². The number of carboxylic acids is 1. The number of pyridine rings is 1. The normalized spacial score (nSPS) is 19.7. The maximum Gasteiger partial charge on any atom is 0.225 e. The first-order chi connectivity index (χ1) is 12.6. The molecule has 3 rings (SSSR count). The van der Waals surface area contributed by atoms with Gasteiger partial charge < -0.3 is 9.90 Å². The first kappa shape index (κ1) is 18.1. The summed E-state index contributed by atoms with van der Waals surface area (Å²) in [5.74, 6) is -0.790. The average Bonchev–Trinajstić information content (AvgIpc) is 2.67. The van der Waals surface area contributed by atoms with Crippen molar-refractivity contribution in [2.75, 3.05) is 4.90 Å². The number of carbonyl (C=O) groups excluding carboxylic acids is 2. The lowest BCUT2D eigenvalue weighted by Crippen LogP contribution is -2.36. The summed E-state index contributed by atoms with van der Waals surface area (Å²) in [5.41, 5.74) is 2.02. The van der Waals surface area contributed by atoms with Crippen LogP contribution in [0.25, 0.3) is 0 Å². The molecule has 0 radical (unpaired) electrons. The minimum absolute atomic E-state index is 0.0162. The minimum Gasteiger partial charge on any atom is -0.550 e. The number of carbonyl (C=O) groups is 2. The predicted octanol–water partition coefficient (Wildman–Crippen LogP) is 2.66. The van der Waals surface area contributed by atoms with E-state index >= 15 is 0 Å². The van der Waals surface area contributed by atoms with Gasteiger partial charge in [-0.05, 0) is 42.0 Å². The zero-order chi connectivity index (χ0) is 18.5. The Hall–Kier alpha value is -2.69. The molecule has 2 atom stereocenters. The summed E-state index contributed by atoms with van der Waals surface area (Å²) in [6.07, 6.45) is 5.23. The van der Waals surface area contributed by atoms with Crippen molar-refractivity contribution in [3.05, 3.63) is 59.8 Å². The second kappa shape index (κ2) is 8.13. The lowest BCUT2D eigenvalue weighted by atomic mass is 9.75. The van der Waals surface area contributed by atoms with E-state index in [-0.39, 0.29) is 11.8 Å². The molecule has 1 aliphatic carbocycles. The van der Waals surface area contributed by atoms with Gasteiger partial charge in [0, 0.05) is 25.0 Å². The molecule has 136 valence electrons. The van der Waals surface area contributed by atoms with Crippen molar-refractivity contribution in [3.8, 4) is 0 Å². The van der Waals surface area contributed by atoms with Crippen LogP contribution in [0.4, 0.5) is 5.82 Å². The van der Waals surface area contributed by atoms with Crippen LogP contribution in [0.5, 0.6) is 0 Å². The summed E-state index contributed by atoms with van der Waals surface area (Å²) in [7, 11) is 0. The Morgan fingerprint density at radius 2 is 1.85 bits per heavy atom. The summed E-state index contributed by atoms with van der Waals surface area (Å²) in [4.78, 5) is 29.3. The van der Waals surface area contributed by atoms with Gasteiger partial charge in [-0.25, -0.2) is 4.98 Å². The molecule has 5 heteroatoms. The summed E-state index contributed by atoms with van der Waals surface area (Å²) in [6, 6.07) is 13.4. The lowest BCUT2D eigenvalue weighted by molar-refractivity contribution is -0.313. The SMILES string of the molecule is CC(=O)N(Cc1ccc(C2CCCCC2C(=O)[O-])cc1)c1ccccn1. The molecule has 2 unspecified atom stereocenters. The smallest absolute Gasteiger partial charge is 0.225 e. The standard InChI is InChI=1S/C21H24N2O3/c1-15(24)23(20-8-4-5-13-22-20)14-16-9-11-17(12-10-16)18-6-2-3-7-19(18)21(25)26/h4-5,8-13,18-19H,2-3,6-7,14H2,1H3,(H,25,26)/p-1. The molecule has 0 bridgehead atoms. The van der Waals surface area contributed by atoms with Crippen LogP contribution in [0.15, 0.2) is 48.7 Å². The monoisotopic (exact) mass is 351 g/mol. The third-order valence-electron chi connectivity index (χ3n) is 5.12. The van der Waals surface area contributed by atoms with E-state index in [1.54, 1.807) is 11.1 Å². The highest BCUT2D eigenvalue weighted by Crippen LogP contribution is 2.37. The van der Waals surface area contributed by atoms with Crippen molar-refractivity contribution in [3.63, 3.8) is 0 Å². The van der Waals surface area contributed by atoms with Crippen LogP contribution in [0.1, 0.15) is 49.7 Å². The van der Waals surface area contributed by atoms with E-state index < -0.39 is 11.9 Å². The number of aromatic nitrogens is 1. The quantitative estimate of drug-likeness (QED) is 0.830. The molecule has 0 aliphatic heterocycles. The Bertz CT molecular complexity index is 759. The Morgan fingerprint density at radius 3 is 2.46 bits per heavy atom. The molecule has 26 heavy (non-hydrogen) atoms. The number of hydrogen-bond donors (Lipinski definition) is 0. The van der Waals surface area contributed by atoms with Crippen molar-refractivity contribution in [1.29, 1.82) is 0 Å². The van der Waals surface area contributed by atoms with Gasteiger partial charge in [-0.3, -0.25) is 9.69 Å².